The molecule has 2 aromatic rings. The summed E-state index contributed by atoms with van der Waals surface area (Å²) in [5.41, 5.74) is 1.50. The van der Waals surface area contributed by atoms with Crippen LogP contribution in [0.5, 0.6) is 0 Å². The molecular weight excluding hydrogens is 398 g/mol. The third-order valence-corrected chi connectivity index (χ3v) is 7.98. The summed E-state index contributed by atoms with van der Waals surface area (Å²) < 4.78 is 25.7. The quantitative estimate of drug-likeness (QED) is 0.776. The van der Waals surface area contributed by atoms with E-state index in [-0.39, 0.29) is 10.5 Å². The van der Waals surface area contributed by atoms with Gasteiger partial charge in [-0.15, -0.1) is 11.3 Å². The molecule has 1 aliphatic heterocycles. The van der Waals surface area contributed by atoms with Crippen molar-refractivity contribution in [2.75, 3.05) is 11.9 Å². The van der Waals surface area contributed by atoms with Gasteiger partial charge in [0.15, 0.2) is 0 Å². The maximum absolute atomic E-state index is 12.6. The number of benzene rings is 1. The van der Waals surface area contributed by atoms with Gasteiger partial charge in [-0.3, -0.25) is 9.59 Å². The van der Waals surface area contributed by atoms with Gasteiger partial charge in [0.1, 0.15) is 22.5 Å². The molecule has 28 heavy (non-hydrogen) atoms. The number of hydrogen-bond acceptors (Lipinski definition) is 6. The number of hydrogen-bond donors (Lipinski definition) is 1. The van der Waals surface area contributed by atoms with Gasteiger partial charge in [-0.1, -0.05) is 18.6 Å². The third-order valence-electron chi connectivity index (χ3n) is 4.99. The molecule has 1 aromatic carbocycles. The van der Waals surface area contributed by atoms with E-state index in [2.05, 4.69) is 11.4 Å². The lowest BCUT2D eigenvalue weighted by Gasteiger charge is -2.14. The number of carbonyl (C=O) groups is 2. The Hall–Kier alpha value is -2.70. The Morgan fingerprint density at radius 3 is 2.71 bits per heavy atom. The predicted octanol–water partition coefficient (Wildman–Crippen LogP) is 2.67. The molecule has 4 rings (SSSR count). The van der Waals surface area contributed by atoms with Crippen LogP contribution in [0.15, 0.2) is 29.2 Å². The molecular formula is C19H17N3O4S2. The van der Waals surface area contributed by atoms with Gasteiger partial charge in [-0.2, -0.15) is 5.26 Å². The maximum Gasteiger partial charge on any atom is 0.269 e. The average Bonchev–Trinajstić information content (AvgIpc) is 2.95. The van der Waals surface area contributed by atoms with Gasteiger partial charge < -0.3 is 5.32 Å². The minimum Gasteiger partial charge on any atom is -0.315 e. The molecule has 0 unspecified atom stereocenters. The van der Waals surface area contributed by atoms with Crippen molar-refractivity contribution in [1.82, 2.24) is 4.31 Å². The van der Waals surface area contributed by atoms with Crippen molar-refractivity contribution in [2.45, 2.75) is 37.0 Å². The fourth-order valence-corrected chi connectivity index (χ4v) is 6.41. The van der Waals surface area contributed by atoms with Crippen LogP contribution in [0, 0.1) is 11.3 Å². The van der Waals surface area contributed by atoms with Crippen molar-refractivity contribution in [3.8, 4) is 6.07 Å². The summed E-state index contributed by atoms with van der Waals surface area (Å²) in [6, 6.07) is 8.06. The van der Waals surface area contributed by atoms with E-state index in [0.29, 0.717) is 14.9 Å². The Bertz CT molecular complexity index is 1130. The van der Waals surface area contributed by atoms with Crippen LogP contribution >= 0.6 is 11.3 Å². The number of sulfonamides is 1. The van der Waals surface area contributed by atoms with Gasteiger partial charge in [0.05, 0.1) is 11.1 Å². The lowest BCUT2D eigenvalue weighted by atomic mass is 10.1. The van der Waals surface area contributed by atoms with E-state index >= 15 is 0 Å². The van der Waals surface area contributed by atoms with E-state index in [0.717, 1.165) is 42.5 Å². The fourth-order valence-electron chi connectivity index (χ4n) is 3.63. The summed E-state index contributed by atoms with van der Waals surface area (Å²) in [6.07, 6.45) is 4.84. The lowest BCUT2D eigenvalue weighted by Crippen LogP contribution is -2.37. The van der Waals surface area contributed by atoms with Gasteiger partial charge in [0.25, 0.3) is 15.9 Å². The topological polar surface area (TPSA) is 107 Å². The fraction of sp³-hybridized carbons (Fsp3) is 0.316. The van der Waals surface area contributed by atoms with Crippen molar-refractivity contribution in [3.63, 3.8) is 0 Å². The number of fused-ring (bicyclic) bond motifs is 2. The van der Waals surface area contributed by atoms with Crippen molar-refractivity contribution in [1.29, 1.82) is 5.26 Å². The Labute approximate surface area is 166 Å². The zero-order valence-corrected chi connectivity index (χ0v) is 16.5. The summed E-state index contributed by atoms with van der Waals surface area (Å²) in [5.74, 6) is -1.36. The minimum absolute atomic E-state index is 0.0656. The summed E-state index contributed by atoms with van der Waals surface area (Å²) in [5, 5.41) is 12.6. The summed E-state index contributed by atoms with van der Waals surface area (Å²) in [7, 11) is -4.04. The molecule has 1 aromatic heterocycles. The average molecular weight is 415 g/mol. The molecule has 2 aliphatic rings. The van der Waals surface area contributed by atoms with Crippen LogP contribution in [0.1, 0.15) is 45.6 Å². The number of thiophene rings is 1. The van der Waals surface area contributed by atoms with Crippen molar-refractivity contribution in [2.24, 2.45) is 0 Å². The molecule has 0 saturated heterocycles. The Kier molecular flexibility index (Phi) is 4.69. The van der Waals surface area contributed by atoms with Crippen LogP contribution in [0.2, 0.25) is 0 Å². The number of aryl methyl sites for hydroxylation is 1. The highest BCUT2D eigenvalue weighted by molar-refractivity contribution is 7.90. The zero-order valence-electron chi connectivity index (χ0n) is 14.9. The van der Waals surface area contributed by atoms with E-state index in [1.807, 2.05) is 0 Å². The Balaban J connectivity index is 1.57. The number of nitrogens with zero attached hydrogens (tertiary/aromatic N) is 2. The van der Waals surface area contributed by atoms with Gasteiger partial charge in [-0.05, 0) is 43.4 Å². The molecule has 0 spiro atoms. The second-order valence-corrected chi connectivity index (χ2v) is 9.68. The van der Waals surface area contributed by atoms with Crippen molar-refractivity contribution < 1.29 is 18.0 Å². The van der Waals surface area contributed by atoms with Crippen molar-refractivity contribution in [3.05, 3.63) is 45.8 Å². The molecule has 144 valence electrons. The number of carbonyl (C=O) groups excluding carboxylic acids is 2. The molecule has 2 heterocycles. The van der Waals surface area contributed by atoms with Gasteiger partial charge in [0.2, 0.25) is 5.91 Å². The monoisotopic (exact) mass is 415 g/mol. The van der Waals surface area contributed by atoms with Crippen LogP contribution in [-0.2, 0) is 27.7 Å². The number of nitrogens with one attached hydrogen (secondary N) is 1. The first-order chi connectivity index (χ1) is 13.4. The van der Waals surface area contributed by atoms with Crippen LogP contribution in [0.4, 0.5) is 5.00 Å². The summed E-state index contributed by atoms with van der Waals surface area (Å²) in [6.45, 7) is -0.622. The predicted molar refractivity (Wildman–Crippen MR) is 104 cm³/mol. The van der Waals surface area contributed by atoms with Gasteiger partial charge >= 0.3 is 0 Å². The molecule has 0 fully saturated rings. The SMILES string of the molecule is N#Cc1c(NC(=O)CN2C(=O)c3ccccc3S2(=O)=O)sc2c1CCCCC2. The van der Waals surface area contributed by atoms with Crippen LogP contribution in [0.25, 0.3) is 0 Å². The highest BCUT2D eigenvalue weighted by atomic mass is 32.2. The smallest absolute Gasteiger partial charge is 0.269 e. The minimum atomic E-state index is -4.04. The van der Waals surface area contributed by atoms with E-state index in [9.17, 15) is 23.3 Å². The maximum atomic E-state index is 12.6. The molecule has 2 amide bonds. The van der Waals surface area contributed by atoms with E-state index in [4.69, 9.17) is 0 Å². The van der Waals surface area contributed by atoms with E-state index < -0.39 is 28.4 Å². The third kappa shape index (κ3) is 2.99. The number of anilines is 1. The highest BCUT2D eigenvalue weighted by Gasteiger charge is 2.41. The Morgan fingerprint density at radius 1 is 1.21 bits per heavy atom. The lowest BCUT2D eigenvalue weighted by molar-refractivity contribution is -0.116. The standard InChI is InChI=1S/C19H17N3O4S2/c20-10-14-12-6-2-1-3-8-15(12)27-18(14)21-17(23)11-22-19(24)13-7-4-5-9-16(13)28(22,25)26/h4-5,7,9H,1-3,6,8,11H2,(H,21,23). The molecule has 1 N–H and O–H groups in total. The number of rotatable bonds is 3. The molecule has 0 radical (unpaired) electrons. The van der Waals surface area contributed by atoms with Crippen molar-refractivity contribution >= 4 is 38.2 Å². The normalized spacial score (nSPS) is 17.4. The highest BCUT2D eigenvalue weighted by Crippen LogP contribution is 2.37. The first-order valence-corrected chi connectivity index (χ1v) is 11.2. The number of nitriles is 1. The molecule has 1 aliphatic carbocycles. The first-order valence-electron chi connectivity index (χ1n) is 8.94. The van der Waals surface area contributed by atoms with Gasteiger partial charge in [0, 0.05) is 4.88 Å². The molecule has 7 nitrogen and oxygen atoms in total. The molecule has 9 heteroatoms. The van der Waals surface area contributed by atoms with Crippen LogP contribution in [0.3, 0.4) is 0 Å². The largest absolute Gasteiger partial charge is 0.315 e. The molecule has 0 atom stereocenters. The summed E-state index contributed by atoms with van der Waals surface area (Å²) >= 11 is 1.37. The molecule has 0 saturated carbocycles. The molecule has 0 bridgehead atoms. The number of amides is 2. The van der Waals surface area contributed by atoms with E-state index in [1.54, 1.807) is 6.07 Å². The van der Waals surface area contributed by atoms with Crippen LogP contribution < -0.4 is 5.32 Å². The zero-order chi connectivity index (χ0) is 19.9. The Morgan fingerprint density at radius 2 is 1.96 bits per heavy atom. The van der Waals surface area contributed by atoms with Gasteiger partial charge in [-0.25, -0.2) is 12.7 Å². The summed E-state index contributed by atoms with van der Waals surface area (Å²) in [4.78, 5) is 26.0. The van der Waals surface area contributed by atoms with E-state index in [1.165, 1.54) is 29.5 Å². The second-order valence-electron chi connectivity index (χ2n) is 6.74. The first kappa shape index (κ1) is 18.7. The second kappa shape index (κ2) is 7.04. The van der Waals surface area contributed by atoms with Crippen LogP contribution in [-0.4, -0.2) is 31.1 Å².